The minimum Gasteiger partial charge on any atom is -0.277 e. The predicted octanol–water partition coefficient (Wildman–Crippen LogP) is 2.99. The third-order valence-electron chi connectivity index (χ3n) is 2.30. The number of alkyl halides is 3. The standard InChI is InChI=1S/C10H7BrF3N3O2S/c11-7-2-1-6(10(12,13)14)5-8(7)17-20(18,19)9-3-4-15-16-9/h1-5,17H,(H,15,16). The number of hydrogen-bond donors (Lipinski definition) is 2. The van der Waals surface area contributed by atoms with Gasteiger partial charge in [-0.2, -0.15) is 26.7 Å². The van der Waals surface area contributed by atoms with Crippen LogP contribution in [0.1, 0.15) is 5.56 Å². The maximum atomic E-state index is 12.6. The summed E-state index contributed by atoms with van der Waals surface area (Å²) in [6, 6.07) is 3.85. The Morgan fingerprint density at radius 2 is 1.95 bits per heavy atom. The normalized spacial score (nSPS) is 12.4. The van der Waals surface area contributed by atoms with Crippen LogP contribution in [0.4, 0.5) is 18.9 Å². The first kappa shape index (κ1) is 14.9. The lowest BCUT2D eigenvalue weighted by atomic mass is 10.2. The Hall–Kier alpha value is -1.55. The predicted molar refractivity (Wildman–Crippen MR) is 68.5 cm³/mol. The first-order valence-corrected chi connectivity index (χ1v) is 7.37. The van der Waals surface area contributed by atoms with Crippen molar-refractivity contribution in [2.24, 2.45) is 0 Å². The second kappa shape index (κ2) is 5.09. The van der Waals surface area contributed by atoms with Gasteiger partial charge in [0.2, 0.25) is 0 Å². The molecule has 2 N–H and O–H groups in total. The molecule has 0 atom stereocenters. The fraction of sp³-hybridized carbons (Fsp3) is 0.100. The van der Waals surface area contributed by atoms with Crippen molar-refractivity contribution in [1.29, 1.82) is 0 Å². The zero-order chi connectivity index (χ0) is 15.0. The summed E-state index contributed by atoms with van der Waals surface area (Å²) in [6.45, 7) is 0. The van der Waals surface area contributed by atoms with Crippen LogP contribution in [0, 0.1) is 0 Å². The Kier molecular flexibility index (Phi) is 3.78. The molecule has 0 aliphatic heterocycles. The quantitative estimate of drug-likeness (QED) is 0.873. The molecule has 20 heavy (non-hydrogen) atoms. The maximum absolute atomic E-state index is 12.6. The van der Waals surface area contributed by atoms with Gasteiger partial charge in [-0.05, 0) is 40.2 Å². The number of aromatic nitrogens is 2. The van der Waals surface area contributed by atoms with E-state index in [1.807, 2.05) is 0 Å². The molecule has 2 rings (SSSR count). The maximum Gasteiger partial charge on any atom is 0.416 e. The van der Waals surface area contributed by atoms with Crippen LogP contribution in [0.5, 0.6) is 0 Å². The monoisotopic (exact) mass is 369 g/mol. The lowest BCUT2D eigenvalue weighted by molar-refractivity contribution is -0.137. The molecule has 108 valence electrons. The van der Waals surface area contributed by atoms with Crippen LogP contribution >= 0.6 is 15.9 Å². The van der Waals surface area contributed by atoms with E-state index in [-0.39, 0.29) is 15.2 Å². The minimum atomic E-state index is -4.56. The molecule has 1 heterocycles. The summed E-state index contributed by atoms with van der Waals surface area (Å²) in [5.41, 5.74) is -1.17. The molecule has 0 fully saturated rings. The van der Waals surface area contributed by atoms with Gasteiger partial charge >= 0.3 is 6.18 Å². The molecule has 0 spiro atoms. The number of sulfonamides is 1. The Balaban J connectivity index is 2.39. The summed E-state index contributed by atoms with van der Waals surface area (Å²) in [4.78, 5) is 0. The van der Waals surface area contributed by atoms with Crippen molar-refractivity contribution in [3.63, 3.8) is 0 Å². The van der Waals surface area contributed by atoms with Gasteiger partial charge < -0.3 is 0 Å². The molecular formula is C10H7BrF3N3O2S. The fourth-order valence-electron chi connectivity index (χ4n) is 1.37. The summed E-state index contributed by atoms with van der Waals surface area (Å²) in [7, 11) is -4.02. The number of H-pyrrole nitrogens is 1. The second-order valence-electron chi connectivity index (χ2n) is 3.72. The van der Waals surface area contributed by atoms with Crippen molar-refractivity contribution >= 4 is 31.6 Å². The summed E-state index contributed by atoms with van der Waals surface area (Å²) >= 11 is 2.99. The molecule has 2 aromatic rings. The molecule has 0 saturated heterocycles. The number of nitrogens with zero attached hydrogens (tertiary/aromatic N) is 1. The molecule has 0 unspecified atom stereocenters. The number of nitrogens with one attached hydrogen (secondary N) is 2. The molecule has 0 radical (unpaired) electrons. The van der Waals surface area contributed by atoms with Gasteiger partial charge in [0.15, 0.2) is 5.03 Å². The number of hydrogen-bond acceptors (Lipinski definition) is 3. The van der Waals surface area contributed by atoms with Crippen molar-refractivity contribution in [1.82, 2.24) is 10.2 Å². The van der Waals surface area contributed by atoms with Gasteiger partial charge in [0, 0.05) is 4.47 Å². The highest BCUT2D eigenvalue weighted by atomic mass is 79.9. The van der Waals surface area contributed by atoms with Crippen molar-refractivity contribution in [3.05, 3.63) is 40.5 Å². The van der Waals surface area contributed by atoms with E-state index in [0.29, 0.717) is 6.07 Å². The molecule has 1 aromatic carbocycles. The van der Waals surface area contributed by atoms with Crippen LogP contribution in [-0.4, -0.2) is 18.6 Å². The second-order valence-corrected chi connectivity index (χ2v) is 6.22. The Labute approximate surface area is 120 Å². The van der Waals surface area contributed by atoms with E-state index in [4.69, 9.17) is 0 Å². The average molecular weight is 370 g/mol. The number of benzene rings is 1. The van der Waals surface area contributed by atoms with Crippen molar-refractivity contribution in [2.75, 3.05) is 4.72 Å². The van der Waals surface area contributed by atoms with E-state index in [0.717, 1.165) is 12.1 Å². The van der Waals surface area contributed by atoms with Crippen LogP contribution in [-0.2, 0) is 16.2 Å². The van der Waals surface area contributed by atoms with Crippen molar-refractivity contribution < 1.29 is 21.6 Å². The summed E-state index contributed by atoms with van der Waals surface area (Å²) in [5.74, 6) is 0. The van der Waals surface area contributed by atoms with Crippen LogP contribution < -0.4 is 4.72 Å². The Morgan fingerprint density at radius 1 is 1.25 bits per heavy atom. The van der Waals surface area contributed by atoms with Crippen LogP contribution in [0.2, 0.25) is 0 Å². The lowest BCUT2D eigenvalue weighted by Crippen LogP contribution is -2.15. The Bertz CT molecular complexity index is 714. The van der Waals surface area contributed by atoms with Gasteiger partial charge in [0.25, 0.3) is 10.0 Å². The summed E-state index contributed by atoms with van der Waals surface area (Å²) in [5, 5.41) is 5.45. The van der Waals surface area contributed by atoms with Crippen molar-refractivity contribution in [3.8, 4) is 0 Å². The molecular weight excluding hydrogens is 363 g/mol. The highest BCUT2D eigenvalue weighted by Gasteiger charge is 2.31. The van der Waals surface area contributed by atoms with Crippen LogP contribution in [0.3, 0.4) is 0 Å². The molecule has 0 saturated carbocycles. The van der Waals surface area contributed by atoms with Gasteiger partial charge in [0.1, 0.15) is 0 Å². The van der Waals surface area contributed by atoms with Gasteiger partial charge in [-0.25, -0.2) is 0 Å². The lowest BCUT2D eigenvalue weighted by Gasteiger charge is -2.12. The minimum absolute atomic E-state index is 0.189. The molecule has 1 aromatic heterocycles. The SMILES string of the molecule is O=S(=O)(Nc1cc(C(F)(F)F)ccc1Br)c1ccn[nH]1. The third-order valence-corrected chi connectivity index (χ3v) is 4.29. The smallest absolute Gasteiger partial charge is 0.277 e. The highest BCUT2D eigenvalue weighted by Crippen LogP contribution is 2.34. The van der Waals surface area contributed by atoms with E-state index in [1.54, 1.807) is 0 Å². The molecule has 0 aliphatic carbocycles. The van der Waals surface area contributed by atoms with Crippen LogP contribution in [0.25, 0.3) is 0 Å². The van der Waals surface area contributed by atoms with Crippen LogP contribution in [0.15, 0.2) is 40.0 Å². The molecule has 0 aliphatic rings. The Morgan fingerprint density at radius 3 is 2.50 bits per heavy atom. The fourth-order valence-corrected chi connectivity index (χ4v) is 2.83. The highest BCUT2D eigenvalue weighted by molar-refractivity contribution is 9.10. The first-order valence-electron chi connectivity index (χ1n) is 5.09. The molecule has 5 nitrogen and oxygen atoms in total. The largest absolute Gasteiger partial charge is 0.416 e. The third kappa shape index (κ3) is 3.12. The number of rotatable bonds is 3. The summed E-state index contributed by atoms with van der Waals surface area (Å²) < 4.78 is 63.8. The zero-order valence-corrected chi connectivity index (χ0v) is 12.0. The zero-order valence-electron chi connectivity index (χ0n) is 9.57. The van der Waals surface area contributed by atoms with Gasteiger partial charge in [-0.1, -0.05) is 0 Å². The number of halogens is 4. The molecule has 0 amide bonds. The van der Waals surface area contributed by atoms with E-state index < -0.39 is 21.8 Å². The van der Waals surface area contributed by atoms with Gasteiger partial charge in [-0.15, -0.1) is 0 Å². The molecule has 0 bridgehead atoms. The first-order chi connectivity index (χ1) is 9.20. The number of aromatic amines is 1. The number of anilines is 1. The molecule has 10 heteroatoms. The van der Waals surface area contributed by atoms with E-state index in [9.17, 15) is 21.6 Å². The topological polar surface area (TPSA) is 74.8 Å². The van der Waals surface area contributed by atoms with E-state index in [2.05, 4.69) is 30.8 Å². The van der Waals surface area contributed by atoms with Gasteiger partial charge in [0.05, 0.1) is 17.4 Å². The van der Waals surface area contributed by atoms with Crippen molar-refractivity contribution in [2.45, 2.75) is 11.2 Å². The average Bonchev–Trinajstić information content (AvgIpc) is 2.84. The summed E-state index contributed by atoms with van der Waals surface area (Å²) in [6.07, 6.45) is -3.34. The van der Waals surface area contributed by atoms with Gasteiger partial charge in [-0.3, -0.25) is 9.82 Å². The van der Waals surface area contributed by atoms with E-state index >= 15 is 0 Å². The van der Waals surface area contributed by atoms with E-state index in [1.165, 1.54) is 12.3 Å².